The Hall–Kier alpha value is -3.86. The second kappa shape index (κ2) is 8.22. The summed E-state index contributed by atoms with van der Waals surface area (Å²) in [6, 6.07) is 27.4. The number of hydrogen-bond acceptors (Lipinski definition) is 5. The molecule has 0 saturated carbocycles. The summed E-state index contributed by atoms with van der Waals surface area (Å²) in [4.78, 5) is 8.80. The van der Waals surface area contributed by atoms with Crippen molar-refractivity contribution >= 4 is 23.1 Å². The molecular weight excluding hydrogens is 348 g/mol. The zero-order valence-corrected chi connectivity index (χ0v) is 15.5. The quantitative estimate of drug-likeness (QED) is 0.433. The molecule has 5 heteroatoms. The lowest BCUT2D eigenvalue weighted by Gasteiger charge is -2.10. The monoisotopic (exact) mass is 368 g/mol. The highest BCUT2D eigenvalue weighted by atomic mass is 16.5. The van der Waals surface area contributed by atoms with Gasteiger partial charge in [0.15, 0.2) is 0 Å². The molecule has 28 heavy (non-hydrogen) atoms. The summed E-state index contributed by atoms with van der Waals surface area (Å²) in [5, 5.41) is 6.51. The summed E-state index contributed by atoms with van der Waals surface area (Å²) in [6.45, 7) is 2.05. The van der Waals surface area contributed by atoms with Crippen LogP contribution in [0.15, 0.2) is 91.1 Å². The van der Waals surface area contributed by atoms with Gasteiger partial charge >= 0.3 is 0 Å². The van der Waals surface area contributed by atoms with Crippen LogP contribution in [0.25, 0.3) is 0 Å². The van der Waals surface area contributed by atoms with E-state index < -0.39 is 0 Å². The van der Waals surface area contributed by atoms with Gasteiger partial charge in [-0.25, -0.2) is 4.98 Å². The van der Waals surface area contributed by atoms with E-state index in [1.54, 1.807) is 6.20 Å². The van der Waals surface area contributed by atoms with E-state index in [0.717, 1.165) is 22.9 Å². The molecule has 138 valence electrons. The van der Waals surface area contributed by atoms with E-state index in [1.165, 1.54) is 5.56 Å². The number of para-hydroxylation sites is 1. The maximum atomic E-state index is 5.82. The lowest BCUT2D eigenvalue weighted by molar-refractivity contribution is 0.483. The predicted molar refractivity (Wildman–Crippen MR) is 113 cm³/mol. The van der Waals surface area contributed by atoms with E-state index in [0.29, 0.717) is 11.8 Å². The topological polar surface area (TPSA) is 59.1 Å². The average Bonchev–Trinajstić information content (AvgIpc) is 2.71. The molecule has 5 nitrogen and oxygen atoms in total. The number of nitrogens with zero attached hydrogens (tertiary/aromatic N) is 2. The van der Waals surface area contributed by atoms with E-state index in [9.17, 15) is 0 Å². The minimum absolute atomic E-state index is 0.541. The Morgan fingerprint density at radius 3 is 2.29 bits per heavy atom. The smallest absolute Gasteiger partial charge is 0.229 e. The van der Waals surface area contributed by atoms with Crippen molar-refractivity contribution in [1.82, 2.24) is 9.97 Å². The first kappa shape index (κ1) is 17.5. The van der Waals surface area contributed by atoms with Crippen LogP contribution in [-0.4, -0.2) is 9.97 Å². The number of nitrogens with one attached hydrogen (secondary N) is 2. The minimum Gasteiger partial charge on any atom is -0.457 e. The van der Waals surface area contributed by atoms with Crippen LogP contribution in [0.5, 0.6) is 11.5 Å². The molecule has 0 spiro atoms. The van der Waals surface area contributed by atoms with Crippen molar-refractivity contribution in [2.24, 2.45) is 0 Å². The second-order valence-electron chi connectivity index (χ2n) is 6.32. The number of ether oxygens (including phenoxy) is 1. The van der Waals surface area contributed by atoms with Crippen LogP contribution in [0, 0.1) is 6.92 Å². The van der Waals surface area contributed by atoms with E-state index in [1.807, 2.05) is 72.8 Å². The number of aromatic nitrogens is 2. The van der Waals surface area contributed by atoms with Crippen molar-refractivity contribution in [2.75, 3.05) is 10.6 Å². The Morgan fingerprint density at radius 1 is 0.714 bits per heavy atom. The molecule has 0 bridgehead atoms. The Balaban J connectivity index is 1.42. The molecule has 3 aromatic carbocycles. The summed E-state index contributed by atoms with van der Waals surface area (Å²) in [6.07, 6.45) is 1.72. The van der Waals surface area contributed by atoms with Gasteiger partial charge in [-0.3, -0.25) is 0 Å². The minimum atomic E-state index is 0.541. The molecule has 0 radical (unpaired) electrons. The summed E-state index contributed by atoms with van der Waals surface area (Å²) >= 11 is 0. The average molecular weight is 368 g/mol. The molecule has 4 aromatic rings. The standard InChI is InChI=1S/C23H20N4O/c1-17-6-5-7-19(16-17)26-23-24-15-14-22(27-23)25-18-10-12-21(13-11-18)28-20-8-3-2-4-9-20/h2-16H,1H3,(H2,24,25,26,27). The molecular formula is C23H20N4O. The normalized spacial score (nSPS) is 10.3. The van der Waals surface area contributed by atoms with Gasteiger partial charge in [-0.05, 0) is 67.1 Å². The van der Waals surface area contributed by atoms with Gasteiger partial charge in [0.2, 0.25) is 5.95 Å². The predicted octanol–water partition coefficient (Wildman–Crippen LogP) is 6.06. The highest BCUT2D eigenvalue weighted by Crippen LogP contribution is 2.24. The van der Waals surface area contributed by atoms with Crippen molar-refractivity contribution in [2.45, 2.75) is 6.92 Å². The van der Waals surface area contributed by atoms with Crippen LogP contribution in [0.2, 0.25) is 0 Å². The molecule has 1 heterocycles. The molecule has 4 rings (SSSR count). The number of anilines is 4. The van der Waals surface area contributed by atoms with E-state index >= 15 is 0 Å². The van der Waals surface area contributed by atoms with E-state index in [2.05, 4.69) is 39.7 Å². The first-order valence-corrected chi connectivity index (χ1v) is 9.01. The zero-order valence-electron chi connectivity index (χ0n) is 15.5. The third-order valence-electron chi connectivity index (χ3n) is 4.04. The summed E-state index contributed by atoms with van der Waals surface area (Å²) in [5.41, 5.74) is 3.05. The van der Waals surface area contributed by atoms with Crippen LogP contribution in [0.3, 0.4) is 0 Å². The van der Waals surface area contributed by atoms with Crippen molar-refractivity contribution in [3.8, 4) is 11.5 Å². The first-order chi connectivity index (χ1) is 13.7. The maximum absolute atomic E-state index is 5.82. The fourth-order valence-corrected chi connectivity index (χ4v) is 2.72. The highest BCUT2D eigenvalue weighted by Gasteiger charge is 2.02. The van der Waals surface area contributed by atoms with E-state index in [-0.39, 0.29) is 0 Å². The summed E-state index contributed by atoms with van der Waals surface area (Å²) in [7, 11) is 0. The highest BCUT2D eigenvalue weighted by molar-refractivity contribution is 5.60. The van der Waals surface area contributed by atoms with Crippen molar-refractivity contribution in [3.05, 3.63) is 96.7 Å². The Bertz CT molecular complexity index is 1050. The van der Waals surface area contributed by atoms with Gasteiger partial charge in [0.1, 0.15) is 17.3 Å². The zero-order chi connectivity index (χ0) is 19.2. The van der Waals surface area contributed by atoms with Gasteiger partial charge in [-0.2, -0.15) is 4.98 Å². The van der Waals surface area contributed by atoms with Crippen LogP contribution in [0.4, 0.5) is 23.1 Å². The van der Waals surface area contributed by atoms with E-state index in [4.69, 9.17) is 4.74 Å². The molecule has 1 aromatic heterocycles. The molecule has 0 aliphatic heterocycles. The Morgan fingerprint density at radius 2 is 1.50 bits per heavy atom. The van der Waals surface area contributed by atoms with Crippen LogP contribution in [0.1, 0.15) is 5.56 Å². The maximum Gasteiger partial charge on any atom is 0.229 e. The Kier molecular flexibility index (Phi) is 5.15. The molecule has 0 unspecified atom stereocenters. The molecule has 0 saturated heterocycles. The number of benzene rings is 3. The van der Waals surface area contributed by atoms with Crippen molar-refractivity contribution < 1.29 is 4.74 Å². The van der Waals surface area contributed by atoms with Crippen LogP contribution >= 0.6 is 0 Å². The van der Waals surface area contributed by atoms with Gasteiger partial charge < -0.3 is 15.4 Å². The van der Waals surface area contributed by atoms with Gasteiger partial charge in [-0.1, -0.05) is 30.3 Å². The second-order valence-corrected chi connectivity index (χ2v) is 6.32. The molecule has 0 aliphatic carbocycles. The lowest BCUT2D eigenvalue weighted by atomic mass is 10.2. The third-order valence-corrected chi connectivity index (χ3v) is 4.04. The van der Waals surface area contributed by atoms with Gasteiger partial charge in [0, 0.05) is 17.6 Å². The molecule has 0 aliphatic rings. The van der Waals surface area contributed by atoms with Gasteiger partial charge in [0.05, 0.1) is 0 Å². The fourth-order valence-electron chi connectivity index (χ4n) is 2.72. The molecule has 0 amide bonds. The molecule has 0 atom stereocenters. The summed E-state index contributed by atoms with van der Waals surface area (Å²) in [5.74, 6) is 2.84. The fraction of sp³-hybridized carbons (Fsp3) is 0.0435. The number of hydrogen-bond donors (Lipinski definition) is 2. The van der Waals surface area contributed by atoms with Gasteiger partial charge in [0.25, 0.3) is 0 Å². The Labute approximate surface area is 164 Å². The molecule has 2 N–H and O–H groups in total. The first-order valence-electron chi connectivity index (χ1n) is 9.01. The van der Waals surface area contributed by atoms with Gasteiger partial charge in [-0.15, -0.1) is 0 Å². The van der Waals surface area contributed by atoms with Crippen molar-refractivity contribution in [1.29, 1.82) is 0 Å². The van der Waals surface area contributed by atoms with Crippen LogP contribution < -0.4 is 15.4 Å². The molecule has 0 fully saturated rings. The largest absolute Gasteiger partial charge is 0.457 e. The lowest BCUT2D eigenvalue weighted by Crippen LogP contribution is -2.00. The van der Waals surface area contributed by atoms with Crippen molar-refractivity contribution in [3.63, 3.8) is 0 Å². The number of rotatable bonds is 6. The SMILES string of the molecule is Cc1cccc(Nc2nccc(Nc3ccc(Oc4ccccc4)cc3)n2)c1. The summed E-state index contributed by atoms with van der Waals surface area (Å²) < 4.78 is 5.82. The van der Waals surface area contributed by atoms with Crippen LogP contribution in [-0.2, 0) is 0 Å². The number of aryl methyl sites for hydroxylation is 1. The third kappa shape index (κ3) is 4.65.